The predicted octanol–water partition coefficient (Wildman–Crippen LogP) is 1.87. The minimum atomic E-state index is 0.120. The molecule has 6 nitrogen and oxygen atoms in total. The second-order valence-electron chi connectivity index (χ2n) is 7.50. The largest absolute Gasteiger partial charge is 0.397 e. The van der Waals surface area contributed by atoms with Crippen molar-refractivity contribution in [3.05, 3.63) is 42.4 Å². The molecule has 26 heavy (non-hydrogen) atoms. The number of piperidine rings is 1. The second kappa shape index (κ2) is 7.03. The monoisotopic (exact) mass is 351 g/mol. The third-order valence-electron chi connectivity index (χ3n) is 5.64. The van der Waals surface area contributed by atoms with Gasteiger partial charge in [-0.05, 0) is 50.1 Å². The molecule has 2 aromatic rings. The van der Waals surface area contributed by atoms with Gasteiger partial charge < -0.3 is 16.0 Å². The molecule has 1 atom stereocenters. The van der Waals surface area contributed by atoms with Gasteiger partial charge in [0.1, 0.15) is 0 Å². The average Bonchev–Trinajstić information content (AvgIpc) is 3.08. The van der Waals surface area contributed by atoms with Crippen molar-refractivity contribution >= 4 is 11.6 Å². The van der Waals surface area contributed by atoms with Crippen LogP contribution in [-0.2, 0) is 11.2 Å². The van der Waals surface area contributed by atoms with Crippen molar-refractivity contribution in [3.8, 4) is 11.3 Å². The number of hydrogen-bond acceptors (Lipinski definition) is 5. The molecule has 0 aliphatic carbocycles. The molecule has 4 heterocycles. The molecule has 136 valence electrons. The van der Waals surface area contributed by atoms with E-state index in [1.165, 1.54) is 12.8 Å². The summed E-state index contributed by atoms with van der Waals surface area (Å²) >= 11 is 0. The first-order valence-electron chi connectivity index (χ1n) is 9.30. The highest BCUT2D eigenvalue weighted by Crippen LogP contribution is 2.36. The van der Waals surface area contributed by atoms with Crippen molar-refractivity contribution in [2.24, 2.45) is 5.41 Å². The van der Waals surface area contributed by atoms with Gasteiger partial charge in [-0.2, -0.15) is 0 Å². The maximum absolute atomic E-state index is 12.8. The van der Waals surface area contributed by atoms with E-state index in [1.807, 2.05) is 29.2 Å². The average molecular weight is 351 g/mol. The molecular formula is C20H25N5O. The molecule has 0 aromatic carbocycles. The smallest absolute Gasteiger partial charge is 0.228 e. The Hall–Kier alpha value is -2.47. The number of anilines is 1. The minimum absolute atomic E-state index is 0.120. The molecule has 4 rings (SSSR count). The highest BCUT2D eigenvalue weighted by atomic mass is 16.2. The van der Waals surface area contributed by atoms with E-state index < -0.39 is 0 Å². The lowest BCUT2D eigenvalue weighted by Crippen LogP contribution is -2.43. The summed E-state index contributed by atoms with van der Waals surface area (Å²) in [6.07, 6.45) is 7.25. The molecular weight excluding hydrogens is 326 g/mol. The first kappa shape index (κ1) is 17.0. The van der Waals surface area contributed by atoms with Crippen LogP contribution in [-0.4, -0.2) is 47.0 Å². The van der Waals surface area contributed by atoms with Crippen LogP contribution >= 0.6 is 0 Å². The first-order chi connectivity index (χ1) is 12.7. The van der Waals surface area contributed by atoms with Gasteiger partial charge in [0, 0.05) is 43.0 Å². The van der Waals surface area contributed by atoms with Crippen LogP contribution in [0.1, 0.15) is 25.0 Å². The zero-order chi connectivity index (χ0) is 18.0. The summed E-state index contributed by atoms with van der Waals surface area (Å²) in [5.74, 6) is 0.120. The number of nitrogens with zero attached hydrogens (tertiary/aromatic N) is 3. The summed E-state index contributed by atoms with van der Waals surface area (Å²) in [5, 5.41) is 3.49. The Labute approximate surface area is 153 Å². The maximum Gasteiger partial charge on any atom is 0.228 e. The number of nitrogens with one attached hydrogen (secondary N) is 1. The van der Waals surface area contributed by atoms with Gasteiger partial charge >= 0.3 is 0 Å². The highest BCUT2D eigenvalue weighted by molar-refractivity contribution is 5.80. The Morgan fingerprint density at radius 1 is 1.31 bits per heavy atom. The van der Waals surface area contributed by atoms with Gasteiger partial charge in [0.2, 0.25) is 5.91 Å². The van der Waals surface area contributed by atoms with Crippen LogP contribution in [0.25, 0.3) is 11.3 Å². The van der Waals surface area contributed by atoms with E-state index in [0.29, 0.717) is 11.4 Å². The first-order valence-corrected chi connectivity index (χ1v) is 9.30. The van der Waals surface area contributed by atoms with Crippen LogP contribution in [0.5, 0.6) is 0 Å². The number of nitrogen functional groups attached to an aromatic ring is 1. The molecule has 2 saturated heterocycles. The zero-order valence-electron chi connectivity index (χ0n) is 14.9. The van der Waals surface area contributed by atoms with E-state index in [-0.39, 0.29) is 17.7 Å². The number of rotatable bonds is 3. The van der Waals surface area contributed by atoms with E-state index in [9.17, 15) is 4.79 Å². The minimum Gasteiger partial charge on any atom is -0.397 e. The molecule has 1 spiro atoms. The van der Waals surface area contributed by atoms with Gasteiger partial charge in [-0.3, -0.25) is 14.8 Å². The molecule has 6 heteroatoms. The predicted molar refractivity (Wildman–Crippen MR) is 101 cm³/mol. The summed E-state index contributed by atoms with van der Waals surface area (Å²) in [6, 6.07) is 7.53. The molecule has 0 saturated carbocycles. The van der Waals surface area contributed by atoms with Crippen molar-refractivity contribution < 1.29 is 4.79 Å². The fraction of sp³-hybridized carbons (Fsp3) is 0.450. The summed E-state index contributed by atoms with van der Waals surface area (Å²) in [6.45, 7) is 3.80. The number of carbonyl (C=O) groups is 1. The number of amides is 1. The summed E-state index contributed by atoms with van der Waals surface area (Å²) < 4.78 is 0. The lowest BCUT2D eigenvalue weighted by atomic mass is 9.80. The zero-order valence-corrected chi connectivity index (χ0v) is 14.9. The number of nitrogens with two attached hydrogens (primary N) is 1. The molecule has 3 N–H and O–H groups in total. The normalized spacial score (nSPS) is 22.7. The van der Waals surface area contributed by atoms with Gasteiger partial charge in [-0.1, -0.05) is 0 Å². The fourth-order valence-electron chi connectivity index (χ4n) is 4.11. The van der Waals surface area contributed by atoms with Crippen molar-refractivity contribution in [1.82, 2.24) is 20.2 Å². The van der Waals surface area contributed by atoms with Crippen molar-refractivity contribution in [2.75, 3.05) is 31.9 Å². The van der Waals surface area contributed by atoms with Crippen LogP contribution < -0.4 is 11.1 Å². The van der Waals surface area contributed by atoms with Gasteiger partial charge in [0.05, 0.1) is 23.5 Å². The van der Waals surface area contributed by atoms with Crippen molar-refractivity contribution in [2.45, 2.75) is 25.7 Å². The van der Waals surface area contributed by atoms with Crippen molar-refractivity contribution in [1.29, 1.82) is 0 Å². The summed E-state index contributed by atoms with van der Waals surface area (Å²) in [4.78, 5) is 23.6. The van der Waals surface area contributed by atoms with Crippen LogP contribution in [0, 0.1) is 5.41 Å². The number of pyridine rings is 2. The quantitative estimate of drug-likeness (QED) is 0.882. The van der Waals surface area contributed by atoms with Gasteiger partial charge in [0.15, 0.2) is 0 Å². The lowest BCUT2D eigenvalue weighted by Gasteiger charge is -2.33. The number of likely N-dealkylation sites (tertiary alicyclic amines) is 1. The fourth-order valence-corrected chi connectivity index (χ4v) is 4.11. The Morgan fingerprint density at radius 3 is 3.00 bits per heavy atom. The standard InChI is InChI=1S/C20H25N5O/c21-16-4-5-17(15-3-1-8-22-12-15)24-18(16)11-19(26)25-10-7-20(14-25)6-2-9-23-13-20/h1,3-5,8,12,23H,2,6-7,9-11,13-14,21H2. The van der Waals surface area contributed by atoms with Crippen LogP contribution in [0.3, 0.4) is 0 Å². The topological polar surface area (TPSA) is 84.1 Å². The second-order valence-corrected chi connectivity index (χ2v) is 7.50. The molecule has 1 amide bonds. The highest BCUT2D eigenvalue weighted by Gasteiger charge is 2.40. The Bertz CT molecular complexity index is 786. The van der Waals surface area contributed by atoms with E-state index >= 15 is 0 Å². The number of aromatic nitrogens is 2. The molecule has 0 bridgehead atoms. The van der Waals surface area contributed by atoms with Gasteiger partial charge in [-0.15, -0.1) is 0 Å². The molecule has 2 aliphatic heterocycles. The molecule has 2 fully saturated rings. The third kappa shape index (κ3) is 3.42. The number of carbonyl (C=O) groups excluding carboxylic acids is 1. The lowest BCUT2D eigenvalue weighted by molar-refractivity contribution is -0.129. The van der Waals surface area contributed by atoms with Gasteiger partial charge in [0.25, 0.3) is 0 Å². The van der Waals surface area contributed by atoms with Gasteiger partial charge in [-0.25, -0.2) is 0 Å². The van der Waals surface area contributed by atoms with E-state index in [2.05, 4.69) is 15.3 Å². The van der Waals surface area contributed by atoms with E-state index in [0.717, 1.165) is 43.9 Å². The molecule has 2 aromatic heterocycles. The van der Waals surface area contributed by atoms with E-state index in [1.54, 1.807) is 12.4 Å². The molecule has 0 radical (unpaired) electrons. The van der Waals surface area contributed by atoms with Crippen molar-refractivity contribution in [3.63, 3.8) is 0 Å². The van der Waals surface area contributed by atoms with Crippen LogP contribution in [0.2, 0.25) is 0 Å². The summed E-state index contributed by atoms with van der Waals surface area (Å²) in [5.41, 5.74) is 9.30. The molecule has 1 unspecified atom stereocenters. The summed E-state index contributed by atoms with van der Waals surface area (Å²) in [7, 11) is 0. The number of hydrogen-bond donors (Lipinski definition) is 2. The third-order valence-corrected chi connectivity index (χ3v) is 5.64. The van der Waals surface area contributed by atoms with Crippen LogP contribution in [0.4, 0.5) is 5.69 Å². The SMILES string of the molecule is Nc1ccc(-c2cccnc2)nc1CC(=O)N1CCC2(CCCNC2)C1. The molecule has 2 aliphatic rings. The van der Waals surface area contributed by atoms with Crippen LogP contribution in [0.15, 0.2) is 36.7 Å². The Kier molecular flexibility index (Phi) is 4.59. The van der Waals surface area contributed by atoms with E-state index in [4.69, 9.17) is 5.73 Å². The maximum atomic E-state index is 12.8. The Balaban J connectivity index is 1.48. The Morgan fingerprint density at radius 2 is 2.23 bits per heavy atom.